The van der Waals surface area contributed by atoms with Crippen LogP contribution in [-0.4, -0.2) is 17.8 Å². The number of amidine groups is 1. The molecule has 1 heterocycles. The number of carbonyl (C=O) groups is 1. The van der Waals surface area contributed by atoms with Crippen LogP contribution in [0.1, 0.15) is 30.0 Å². The smallest absolute Gasteiger partial charge is 0.250 e. The number of amides is 1. The van der Waals surface area contributed by atoms with Gasteiger partial charge in [-0.25, -0.2) is 0 Å². The maximum Gasteiger partial charge on any atom is 0.250 e. The summed E-state index contributed by atoms with van der Waals surface area (Å²) in [5, 5.41) is 2.84. The van der Waals surface area contributed by atoms with Gasteiger partial charge >= 0.3 is 0 Å². The van der Waals surface area contributed by atoms with Crippen LogP contribution in [0.25, 0.3) is 0 Å². The average molecular weight is 295 g/mol. The van der Waals surface area contributed by atoms with Crippen LogP contribution >= 0.6 is 15.9 Å². The molecule has 17 heavy (non-hydrogen) atoms. The summed E-state index contributed by atoms with van der Waals surface area (Å²) in [6.45, 7) is 6.04. The molecule has 0 aliphatic carbocycles. The van der Waals surface area contributed by atoms with E-state index >= 15 is 0 Å². The summed E-state index contributed by atoms with van der Waals surface area (Å²) >= 11 is 3.53. The molecule has 2 rings (SSSR count). The Morgan fingerprint density at radius 3 is 2.41 bits per heavy atom. The van der Waals surface area contributed by atoms with E-state index < -0.39 is 0 Å². The summed E-state index contributed by atoms with van der Waals surface area (Å²) < 4.78 is 1.11. The molecule has 1 aromatic rings. The van der Waals surface area contributed by atoms with Gasteiger partial charge in [0.05, 0.1) is 0 Å². The van der Waals surface area contributed by atoms with Gasteiger partial charge in [-0.1, -0.05) is 22.9 Å². The van der Waals surface area contributed by atoms with Crippen molar-refractivity contribution < 1.29 is 4.79 Å². The Bertz CT molecular complexity index is 485. The molecular formula is C13H15BrN2O. The van der Waals surface area contributed by atoms with Crippen LogP contribution < -0.4 is 5.32 Å². The van der Waals surface area contributed by atoms with Crippen molar-refractivity contribution in [3.8, 4) is 0 Å². The van der Waals surface area contributed by atoms with Gasteiger partial charge in [0.1, 0.15) is 11.9 Å². The normalized spacial score (nSPS) is 19.2. The molecule has 1 aliphatic heterocycles. The van der Waals surface area contributed by atoms with E-state index in [1.54, 1.807) is 0 Å². The second-order valence-corrected chi connectivity index (χ2v) is 5.11. The van der Waals surface area contributed by atoms with Crippen LogP contribution in [-0.2, 0) is 4.79 Å². The maximum absolute atomic E-state index is 11.6. The van der Waals surface area contributed by atoms with Crippen LogP contribution in [0, 0.1) is 13.8 Å². The minimum absolute atomic E-state index is 0.000671. The van der Waals surface area contributed by atoms with Crippen molar-refractivity contribution in [1.82, 2.24) is 5.32 Å². The molecule has 90 valence electrons. The number of aryl methyl sites for hydroxylation is 2. The number of nitrogens with one attached hydrogen (secondary N) is 1. The highest BCUT2D eigenvalue weighted by Gasteiger charge is 2.25. The van der Waals surface area contributed by atoms with Gasteiger partial charge in [0, 0.05) is 10.0 Å². The van der Waals surface area contributed by atoms with E-state index in [4.69, 9.17) is 0 Å². The summed E-state index contributed by atoms with van der Waals surface area (Å²) in [6, 6.07) is 3.84. The molecule has 0 saturated carbocycles. The highest BCUT2D eigenvalue weighted by molar-refractivity contribution is 9.10. The highest BCUT2D eigenvalue weighted by Crippen LogP contribution is 2.23. The van der Waals surface area contributed by atoms with Gasteiger partial charge in [-0.15, -0.1) is 0 Å². The fourth-order valence-electron chi connectivity index (χ4n) is 1.95. The molecule has 1 aromatic carbocycles. The Kier molecular flexibility index (Phi) is 3.33. The lowest BCUT2D eigenvalue weighted by molar-refractivity contribution is -0.120. The van der Waals surface area contributed by atoms with Gasteiger partial charge < -0.3 is 5.32 Å². The van der Waals surface area contributed by atoms with Crippen LogP contribution in [0.3, 0.4) is 0 Å². The Hall–Kier alpha value is -1.16. The molecule has 0 spiro atoms. The monoisotopic (exact) mass is 294 g/mol. The standard InChI is InChI=1S/C13H15BrN2O/c1-4-10-13(17)16-12(15-10)9-5-7(2)11(14)8(3)6-9/h5-6,10H,4H2,1-3H3,(H,15,16,17). The summed E-state index contributed by atoms with van der Waals surface area (Å²) in [6.07, 6.45) is 0.740. The molecule has 0 radical (unpaired) electrons. The van der Waals surface area contributed by atoms with Crippen molar-refractivity contribution >= 4 is 27.7 Å². The molecule has 0 saturated heterocycles. The van der Waals surface area contributed by atoms with E-state index in [0.717, 1.165) is 27.6 Å². The van der Waals surface area contributed by atoms with Crippen LogP contribution in [0.15, 0.2) is 21.6 Å². The number of hydrogen-bond acceptors (Lipinski definition) is 2. The van der Waals surface area contributed by atoms with Crippen molar-refractivity contribution in [3.05, 3.63) is 33.3 Å². The van der Waals surface area contributed by atoms with Crippen molar-refractivity contribution in [2.75, 3.05) is 0 Å². The molecule has 0 bridgehead atoms. The third-order valence-corrected chi connectivity index (χ3v) is 4.18. The molecule has 1 amide bonds. The summed E-state index contributed by atoms with van der Waals surface area (Å²) in [7, 11) is 0. The Labute approximate surface area is 109 Å². The van der Waals surface area contributed by atoms with Crippen molar-refractivity contribution in [1.29, 1.82) is 0 Å². The fourth-order valence-corrected chi connectivity index (χ4v) is 2.18. The third kappa shape index (κ3) is 2.27. The van der Waals surface area contributed by atoms with E-state index in [1.165, 1.54) is 0 Å². The number of benzene rings is 1. The lowest BCUT2D eigenvalue weighted by Crippen LogP contribution is -2.28. The number of aliphatic imine (C=N–C) groups is 1. The van der Waals surface area contributed by atoms with E-state index in [1.807, 2.05) is 32.9 Å². The first kappa shape index (κ1) is 12.3. The van der Waals surface area contributed by atoms with Crippen LogP contribution in [0.4, 0.5) is 0 Å². The number of nitrogens with zero attached hydrogens (tertiary/aromatic N) is 1. The SMILES string of the molecule is CCC1N=C(c2cc(C)c(Br)c(C)c2)NC1=O. The topological polar surface area (TPSA) is 41.5 Å². The first-order chi connectivity index (χ1) is 8.02. The van der Waals surface area contributed by atoms with E-state index in [2.05, 4.69) is 26.2 Å². The Balaban J connectivity index is 2.40. The predicted molar refractivity (Wildman–Crippen MR) is 72.4 cm³/mol. The van der Waals surface area contributed by atoms with Crippen molar-refractivity contribution in [2.24, 2.45) is 4.99 Å². The summed E-state index contributed by atoms with van der Waals surface area (Å²) in [4.78, 5) is 16.0. The molecular weight excluding hydrogens is 280 g/mol. The zero-order valence-electron chi connectivity index (χ0n) is 10.2. The molecule has 0 aromatic heterocycles. The van der Waals surface area contributed by atoms with Gasteiger partial charge in [0.25, 0.3) is 0 Å². The lowest BCUT2D eigenvalue weighted by atomic mass is 10.1. The van der Waals surface area contributed by atoms with Crippen molar-refractivity contribution in [2.45, 2.75) is 33.2 Å². The van der Waals surface area contributed by atoms with E-state index in [-0.39, 0.29) is 11.9 Å². The van der Waals surface area contributed by atoms with Gasteiger partial charge in [0.15, 0.2) is 0 Å². The molecule has 1 aliphatic rings. The Morgan fingerprint density at radius 1 is 1.35 bits per heavy atom. The number of rotatable bonds is 2. The highest BCUT2D eigenvalue weighted by atomic mass is 79.9. The minimum Gasteiger partial charge on any atom is -0.309 e. The average Bonchev–Trinajstić information content (AvgIpc) is 2.66. The largest absolute Gasteiger partial charge is 0.309 e. The van der Waals surface area contributed by atoms with E-state index in [0.29, 0.717) is 5.84 Å². The van der Waals surface area contributed by atoms with Gasteiger partial charge in [-0.3, -0.25) is 9.79 Å². The molecule has 4 heteroatoms. The zero-order chi connectivity index (χ0) is 12.6. The maximum atomic E-state index is 11.6. The molecule has 0 fully saturated rings. The quantitative estimate of drug-likeness (QED) is 0.895. The van der Waals surface area contributed by atoms with Crippen molar-refractivity contribution in [3.63, 3.8) is 0 Å². The second kappa shape index (κ2) is 4.61. The molecule has 1 unspecified atom stereocenters. The molecule has 1 atom stereocenters. The first-order valence-corrected chi connectivity index (χ1v) is 6.48. The van der Waals surface area contributed by atoms with Gasteiger partial charge in [0.2, 0.25) is 5.91 Å². The lowest BCUT2D eigenvalue weighted by Gasteiger charge is -2.07. The Morgan fingerprint density at radius 2 is 1.94 bits per heavy atom. The van der Waals surface area contributed by atoms with Gasteiger partial charge in [-0.2, -0.15) is 0 Å². The predicted octanol–water partition coefficient (Wildman–Crippen LogP) is 2.72. The fraction of sp³-hybridized carbons (Fsp3) is 0.385. The minimum atomic E-state index is -0.228. The zero-order valence-corrected chi connectivity index (χ0v) is 11.8. The molecule has 3 nitrogen and oxygen atoms in total. The van der Waals surface area contributed by atoms with Gasteiger partial charge in [-0.05, 0) is 43.5 Å². The number of hydrogen-bond donors (Lipinski definition) is 1. The first-order valence-electron chi connectivity index (χ1n) is 5.68. The van der Waals surface area contributed by atoms with E-state index in [9.17, 15) is 4.79 Å². The summed E-state index contributed by atoms with van der Waals surface area (Å²) in [5.74, 6) is 0.696. The summed E-state index contributed by atoms with van der Waals surface area (Å²) in [5.41, 5.74) is 3.28. The van der Waals surface area contributed by atoms with Crippen LogP contribution in [0.2, 0.25) is 0 Å². The van der Waals surface area contributed by atoms with Crippen LogP contribution in [0.5, 0.6) is 0 Å². The number of carbonyl (C=O) groups excluding carboxylic acids is 1. The molecule has 1 N–H and O–H groups in total. The third-order valence-electron chi connectivity index (χ3n) is 2.93. The number of halogens is 1. The second-order valence-electron chi connectivity index (χ2n) is 4.32.